The van der Waals surface area contributed by atoms with Gasteiger partial charge in [0.1, 0.15) is 11.1 Å². The number of morpholine rings is 1. The molecule has 6 heteroatoms. The Labute approximate surface area is 116 Å². The van der Waals surface area contributed by atoms with Crippen LogP contribution in [0.15, 0.2) is 11.4 Å². The van der Waals surface area contributed by atoms with Gasteiger partial charge in [-0.05, 0) is 25.3 Å². The largest absolute Gasteiger partial charge is 0.373 e. The SMILES string of the molecule is C[C@H]1CN(CC(=O)Nc2sccc2C#N)C[C@H](C)O1. The molecule has 1 aliphatic rings. The van der Waals surface area contributed by atoms with Crippen molar-refractivity contribution in [3.63, 3.8) is 0 Å². The summed E-state index contributed by atoms with van der Waals surface area (Å²) >= 11 is 1.37. The second-order valence-electron chi connectivity index (χ2n) is 4.77. The number of nitrogens with zero attached hydrogens (tertiary/aromatic N) is 2. The molecule has 102 valence electrons. The van der Waals surface area contributed by atoms with Crippen LogP contribution in [0.5, 0.6) is 0 Å². The van der Waals surface area contributed by atoms with Crippen LogP contribution >= 0.6 is 11.3 Å². The molecule has 5 nitrogen and oxygen atoms in total. The van der Waals surface area contributed by atoms with Gasteiger partial charge in [0.2, 0.25) is 5.91 Å². The Morgan fingerprint density at radius 2 is 2.26 bits per heavy atom. The molecule has 1 aliphatic heterocycles. The zero-order valence-corrected chi connectivity index (χ0v) is 11.9. The first-order valence-corrected chi connectivity index (χ1v) is 7.11. The van der Waals surface area contributed by atoms with Crippen molar-refractivity contribution < 1.29 is 9.53 Å². The second-order valence-corrected chi connectivity index (χ2v) is 5.69. The highest BCUT2D eigenvalue weighted by Gasteiger charge is 2.23. The van der Waals surface area contributed by atoms with Crippen molar-refractivity contribution in [1.29, 1.82) is 5.26 Å². The summed E-state index contributed by atoms with van der Waals surface area (Å²) in [5, 5.41) is 14.1. The van der Waals surface area contributed by atoms with Gasteiger partial charge in [0, 0.05) is 13.1 Å². The number of nitrogens with one attached hydrogen (secondary N) is 1. The summed E-state index contributed by atoms with van der Waals surface area (Å²) in [6, 6.07) is 3.77. The molecule has 1 saturated heterocycles. The highest BCUT2D eigenvalue weighted by molar-refractivity contribution is 7.14. The predicted octanol–water partition coefficient (Wildman–Crippen LogP) is 1.67. The summed E-state index contributed by atoms with van der Waals surface area (Å²) < 4.78 is 5.63. The molecule has 2 rings (SSSR count). The maximum atomic E-state index is 12.0. The number of hydrogen-bond donors (Lipinski definition) is 1. The molecular weight excluding hydrogens is 262 g/mol. The molecule has 0 radical (unpaired) electrons. The van der Waals surface area contributed by atoms with Crippen LogP contribution in [0.25, 0.3) is 0 Å². The van der Waals surface area contributed by atoms with Crippen LogP contribution in [0.4, 0.5) is 5.00 Å². The number of ether oxygens (including phenoxy) is 1. The van der Waals surface area contributed by atoms with Gasteiger partial charge < -0.3 is 10.1 Å². The van der Waals surface area contributed by atoms with Crippen molar-refractivity contribution in [2.24, 2.45) is 0 Å². The number of amides is 1. The van der Waals surface area contributed by atoms with Crippen LogP contribution in [0, 0.1) is 11.3 Å². The lowest BCUT2D eigenvalue weighted by atomic mass is 10.2. The van der Waals surface area contributed by atoms with Crippen molar-refractivity contribution in [3.05, 3.63) is 17.0 Å². The Kier molecular flexibility index (Phi) is 4.53. The van der Waals surface area contributed by atoms with Crippen molar-refractivity contribution in [2.75, 3.05) is 25.0 Å². The highest BCUT2D eigenvalue weighted by Crippen LogP contribution is 2.22. The number of anilines is 1. The first-order chi connectivity index (χ1) is 9.08. The summed E-state index contributed by atoms with van der Waals surface area (Å²) in [6.45, 7) is 5.86. The summed E-state index contributed by atoms with van der Waals surface area (Å²) in [7, 11) is 0. The van der Waals surface area contributed by atoms with E-state index in [2.05, 4.69) is 16.3 Å². The Morgan fingerprint density at radius 1 is 1.58 bits per heavy atom. The molecule has 0 saturated carbocycles. The number of hydrogen-bond acceptors (Lipinski definition) is 5. The van der Waals surface area contributed by atoms with E-state index in [0.717, 1.165) is 13.1 Å². The smallest absolute Gasteiger partial charge is 0.239 e. The van der Waals surface area contributed by atoms with Gasteiger partial charge >= 0.3 is 0 Å². The normalized spacial score (nSPS) is 23.8. The van der Waals surface area contributed by atoms with E-state index in [1.165, 1.54) is 11.3 Å². The van der Waals surface area contributed by atoms with Crippen LogP contribution in [0.1, 0.15) is 19.4 Å². The van der Waals surface area contributed by atoms with E-state index in [-0.39, 0.29) is 18.1 Å². The molecule has 19 heavy (non-hydrogen) atoms. The summed E-state index contributed by atoms with van der Waals surface area (Å²) in [5.41, 5.74) is 0.516. The standard InChI is InChI=1S/C13H17N3O2S/c1-9-6-16(7-10(2)18-9)8-12(17)15-13-11(5-14)3-4-19-13/h3-4,9-10H,6-8H2,1-2H3,(H,15,17)/t9-,10-/m0/s1. The van der Waals surface area contributed by atoms with Crippen molar-refractivity contribution in [2.45, 2.75) is 26.1 Å². The second kappa shape index (κ2) is 6.15. The minimum Gasteiger partial charge on any atom is -0.373 e. The van der Waals surface area contributed by atoms with Crippen molar-refractivity contribution in [3.8, 4) is 6.07 Å². The molecule has 0 aliphatic carbocycles. The van der Waals surface area contributed by atoms with Gasteiger partial charge in [-0.3, -0.25) is 9.69 Å². The predicted molar refractivity (Wildman–Crippen MR) is 74.1 cm³/mol. The van der Waals surface area contributed by atoms with Crippen molar-refractivity contribution in [1.82, 2.24) is 4.90 Å². The fourth-order valence-electron chi connectivity index (χ4n) is 2.28. The van der Waals surface area contributed by atoms with Gasteiger partial charge in [-0.2, -0.15) is 5.26 Å². The third-order valence-electron chi connectivity index (χ3n) is 2.90. The molecule has 2 atom stereocenters. The molecule has 1 fully saturated rings. The quantitative estimate of drug-likeness (QED) is 0.914. The van der Waals surface area contributed by atoms with Crippen LogP contribution in [0.3, 0.4) is 0 Å². The number of nitriles is 1. The number of thiophene rings is 1. The number of carbonyl (C=O) groups excluding carboxylic acids is 1. The molecule has 0 aromatic carbocycles. The van der Waals surface area contributed by atoms with Gasteiger partial charge in [-0.15, -0.1) is 11.3 Å². The maximum absolute atomic E-state index is 12.0. The molecule has 1 aromatic rings. The fourth-order valence-corrected chi connectivity index (χ4v) is 3.03. The molecule has 1 N–H and O–H groups in total. The van der Waals surface area contributed by atoms with Crippen LogP contribution < -0.4 is 5.32 Å². The maximum Gasteiger partial charge on any atom is 0.239 e. The van der Waals surface area contributed by atoms with Crippen LogP contribution in [-0.2, 0) is 9.53 Å². The topological polar surface area (TPSA) is 65.4 Å². The molecular formula is C13H17N3O2S. The van der Waals surface area contributed by atoms with Gasteiger partial charge in [-0.1, -0.05) is 0 Å². The van der Waals surface area contributed by atoms with E-state index in [1.54, 1.807) is 11.4 Å². The Balaban J connectivity index is 1.89. The molecule has 2 heterocycles. The first-order valence-electron chi connectivity index (χ1n) is 6.23. The van der Waals surface area contributed by atoms with E-state index in [1.807, 2.05) is 13.8 Å². The average molecular weight is 279 g/mol. The molecule has 1 aromatic heterocycles. The highest BCUT2D eigenvalue weighted by atomic mass is 32.1. The summed E-state index contributed by atoms with van der Waals surface area (Å²) in [6.07, 6.45) is 0.293. The van der Waals surface area contributed by atoms with E-state index < -0.39 is 0 Å². The van der Waals surface area contributed by atoms with Gasteiger partial charge in [-0.25, -0.2) is 0 Å². The molecule has 0 spiro atoms. The minimum absolute atomic E-state index is 0.0831. The Hall–Kier alpha value is -1.42. The third kappa shape index (κ3) is 3.77. The van der Waals surface area contributed by atoms with Gasteiger partial charge in [0.25, 0.3) is 0 Å². The van der Waals surface area contributed by atoms with E-state index in [0.29, 0.717) is 17.1 Å². The number of rotatable bonds is 3. The monoisotopic (exact) mass is 279 g/mol. The first kappa shape index (κ1) is 14.0. The molecule has 0 unspecified atom stereocenters. The van der Waals surface area contributed by atoms with Crippen molar-refractivity contribution >= 4 is 22.2 Å². The molecule has 0 bridgehead atoms. The average Bonchev–Trinajstić information content (AvgIpc) is 2.74. The zero-order valence-electron chi connectivity index (χ0n) is 11.0. The summed E-state index contributed by atoms with van der Waals surface area (Å²) in [4.78, 5) is 14.0. The van der Waals surface area contributed by atoms with E-state index in [4.69, 9.17) is 10.00 Å². The third-order valence-corrected chi connectivity index (χ3v) is 3.73. The lowest BCUT2D eigenvalue weighted by Gasteiger charge is -2.34. The zero-order chi connectivity index (χ0) is 13.8. The van der Waals surface area contributed by atoms with Gasteiger partial charge in [0.15, 0.2) is 0 Å². The van der Waals surface area contributed by atoms with E-state index in [9.17, 15) is 4.79 Å². The molecule has 1 amide bonds. The van der Waals surface area contributed by atoms with Gasteiger partial charge in [0.05, 0.1) is 24.3 Å². The summed E-state index contributed by atoms with van der Waals surface area (Å²) in [5.74, 6) is -0.0831. The number of carbonyl (C=O) groups is 1. The fraction of sp³-hybridized carbons (Fsp3) is 0.538. The van der Waals surface area contributed by atoms with Crippen LogP contribution in [-0.4, -0.2) is 42.6 Å². The minimum atomic E-state index is -0.0831. The van der Waals surface area contributed by atoms with Crippen LogP contribution in [0.2, 0.25) is 0 Å². The Morgan fingerprint density at radius 3 is 2.89 bits per heavy atom. The van der Waals surface area contributed by atoms with E-state index >= 15 is 0 Å². The lowest BCUT2D eigenvalue weighted by molar-refractivity contribution is -0.121. The Bertz CT molecular complexity index is 484. The lowest BCUT2D eigenvalue weighted by Crippen LogP contribution is -2.48.